The van der Waals surface area contributed by atoms with Crippen molar-refractivity contribution in [3.63, 3.8) is 0 Å². The first-order valence-corrected chi connectivity index (χ1v) is 11.8. The first-order valence-electron chi connectivity index (χ1n) is 11.8. The van der Waals surface area contributed by atoms with Gasteiger partial charge in [-0.05, 0) is 53.4 Å². The van der Waals surface area contributed by atoms with E-state index in [0.29, 0.717) is 23.9 Å². The SMILES string of the molecule is O=C(Oc1ccc2cc(C(=O)NCCc3ccccc3)c(=O)oc2c1)c1ccc(-c2ccccc2)cc1. The summed E-state index contributed by atoms with van der Waals surface area (Å²) in [5, 5.41) is 3.30. The Kier molecular flexibility index (Phi) is 6.90. The predicted octanol–water partition coefficient (Wildman–Crippen LogP) is 5.65. The molecule has 1 heterocycles. The fourth-order valence-electron chi connectivity index (χ4n) is 3.97. The summed E-state index contributed by atoms with van der Waals surface area (Å²) in [7, 11) is 0. The number of carbonyl (C=O) groups excluding carboxylic acids is 2. The van der Waals surface area contributed by atoms with Crippen LogP contribution in [0, 0.1) is 0 Å². The van der Waals surface area contributed by atoms with Gasteiger partial charge < -0.3 is 14.5 Å². The van der Waals surface area contributed by atoms with E-state index in [-0.39, 0.29) is 16.9 Å². The molecule has 0 unspecified atom stereocenters. The van der Waals surface area contributed by atoms with E-state index in [2.05, 4.69) is 5.32 Å². The number of amides is 1. The lowest BCUT2D eigenvalue weighted by molar-refractivity contribution is 0.0734. The lowest BCUT2D eigenvalue weighted by Gasteiger charge is -2.08. The highest BCUT2D eigenvalue weighted by molar-refractivity contribution is 5.97. The van der Waals surface area contributed by atoms with E-state index in [4.69, 9.17) is 9.15 Å². The van der Waals surface area contributed by atoms with Crippen LogP contribution in [0.25, 0.3) is 22.1 Å². The molecule has 1 amide bonds. The van der Waals surface area contributed by atoms with E-state index < -0.39 is 17.5 Å². The molecular formula is C31H23NO5. The minimum Gasteiger partial charge on any atom is -0.423 e. The maximum atomic E-state index is 12.6. The van der Waals surface area contributed by atoms with Gasteiger partial charge in [0.15, 0.2) is 0 Å². The van der Waals surface area contributed by atoms with Gasteiger partial charge in [0.25, 0.3) is 5.91 Å². The van der Waals surface area contributed by atoms with Gasteiger partial charge in [0.2, 0.25) is 0 Å². The maximum Gasteiger partial charge on any atom is 0.349 e. The molecule has 5 aromatic rings. The van der Waals surface area contributed by atoms with Gasteiger partial charge in [-0.25, -0.2) is 9.59 Å². The largest absolute Gasteiger partial charge is 0.423 e. The van der Waals surface area contributed by atoms with Crippen LogP contribution >= 0.6 is 0 Å². The summed E-state index contributed by atoms with van der Waals surface area (Å²) in [6.45, 7) is 0.390. The van der Waals surface area contributed by atoms with Gasteiger partial charge in [-0.3, -0.25) is 4.79 Å². The molecule has 5 rings (SSSR count). The van der Waals surface area contributed by atoms with Crippen molar-refractivity contribution in [2.45, 2.75) is 6.42 Å². The van der Waals surface area contributed by atoms with Crippen molar-refractivity contribution in [1.82, 2.24) is 5.32 Å². The number of rotatable bonds is 7. The third kappa shape index (κ3) is 5.65. The Labute approximate surface area is 213 Å². The number of nitrogens with one attached hydrogen (secondary N) is 1. The molecule has 0 bridgehead atoms. The molecule has 0 atom stereocenters. The zero-order chi connectivity index (χ0) is 25.6. The van der Waals surface area contributed by atoms with Crippen LogP contribution in [0.4, 0.5) is 0 Å². The molecule has 1 aromatic heterocycles. The summed E-state index contributed by atoms with van der Waals surface area (Å²) in [5.41, 5.74) is 2.90. The molecule has 4 aromatic carbocycles. The number of carbonyl (C=O) groups is 2. The normalized spacial score (nSPS) is 10.7. The van der Waals surface area contributed by atoms with Crippen molar-refractivity contribution in [2.75, 3.05) is 6.54 Å². The number of hydrogen-bond donors (Lipinski definition) is 1. The summed E-state index contributed by atoms with van der Waals surface area (Å²) in [6.07, 6.45) is 0.648. The van der Waals surface area contributed by atoms with Crippen molar-refractivity contribution < 1.29 is 18.7 Å². The third-order valence-electron chi connectivity index (χ3n) is 5.93. The monoisotopic (exact) mass is 489 g/mol. The molecule has 0 saturated carbocycles. The zero-order valence-corrected chi connectivity index (χ0v) is 19.8. The highest BCUT2D eigenvalue weighted by Gasteiger charge is 2.15. The predicted molar refractivity (Wildman–Crippen MR) is 142 cm³/mol. The average molecular weight is 490 g/mol. The van der Waals surface area contributed by atoms with Gasteiger partial charge in [0.05, 0.1) is 5.56 Å². The Morgan fingerprint density at radius 1 is 0.757 bits per heavy atom. The van der Waals surface area contributed by atoms with E-state index >= 15 is 0 Å². The van der Waals surface area contributed by atoms with Gasteiger partial charge in [0, 0.05) is 18.0 Å². The highest BCUT2D eigenvalue weighted by Crippen LogP contribution is 2.23. The quantitative estimate of drug-likeness (QED) is 0.181. The Bertz CT molecular complexity index is 1610. The van der Waals surface area contributed by atoms with E-state index in [9.17, 15) is 14.4 Å². The second-order valence-electron chi connectivity index (χ2n) is 8.47. The minimum absolute atomic E-state index is 0.0798. The van der Waals surface area contributed by atoms with Crippen LogP contribution in [0.5, 0.6) is 5.75 Å². The van der Waals surface area contributed by atoms with Gasteiger partial charge in [-0.15, -0.1) is 0 Å². The second-order valence-corrected chi connectivity index (χ2v) is 8.47. The van der Waals surface area contributed by atoms with Crippen LogP contribution in [0.3, 0.4) is 0 Å². The number of benzene rings is 4. The molecule has 0 aliphatic carbocycles. The lowest BCUT2D eigenvalue weighted by Crippen LogP contribution is -2.29. The second kappa shape index (κ2) is 10.7. The van der Waals surface area contributed by atoms with Crippen LogP contribution in [0.15, 0.2) is 118 Å². The van der Waals surface area contributed by atoms with Crippen LogP contribution in [-0.2, 0) is 6.42 Å². The van der Waals surface area contributed by atoms with Crippen molar-refractivity contribution in [3.05, 3.63) is 136 Å². The molecule has 6 heteroatoms. The van der Waals surface area contributed by atoms with E-state index in [1.165, 1.54) is 12.1 Å². The summed E-state index contributed by atoms with van der Waals surface area (Å²) >= 11 is 0. The molecule has 1 N–H and O–H groups in total. The number of ether oxygens (including phenoxy) is 1. The van der Waals surface area contributed by atoms with Gasteiger partial charge in [-0.2, -0.15) is 0 Å². The van der Waals surface area contributed by atoms with E-state index in [1.807, 2.05) is 72.8 Å². The molecule has 182 valence electrons. The Hall–Kier alpha value is -4.97. The van der Waals surface area contributed by atoms with Crippen LogP contribution < -0.4 is 15.7 Å². The summed E-state index contributed by atoms with van der Waals surface area (Å²) in [4.78, 5) is 37.7. The standard InChI is InChI=1S/C31H23NO5/c33-29(32-18-17-21-7-3-1-4-8-21)27-19-25-15-16-26(20-28(25)37-31(27)35)36-30(34)24-13-11-23(12-14-24)22-9-5-2-6-10-22/h1-16,19-20H,17-18H2,(H,32,33). The van der Waals surface area contributed by atoms with Gasteiger partial charge >= 0.3 is 11.6 Å². The highest BCUT2D eigenvalue weighted by atomic mass is 16.5. The van der Waals surface area contributed by atoms with Crippen molar-refractivity contribution >= 4 is 22.8 Å². The Balaban J connectivity index is 1.26. The zero-order valence-electron chi connectivity index (χ0n) is 19.8. The molecular weight excluding hydrogens is 466 g/mol. The fourth-order valence-corrected chi connectivity index (χ4v) is 3.97. The summed E-state index contributed by atoms with van der Waals surface area (Å²) in [6, 6.07) is 32.9. The molecule has 37 heavy (non-hydrogen) atoms. The van der Waals surface area contributed by atoms with E-state index in [0.717, 1.165) is 16.7 Å². The van der Waals surface area contributed by atoms with Crippen LogP contribution in [-0.4, -0.2) is 18.4 Å². The summed E-state index contributed by atoms with van der Waals surface area (Å²) in [5.74, 6) is -0.801. The maximum absolute atomic E-state index is 12.6. The number of hydrogen-bond acceptors (Lipinski definition) is 5. The molecule has 0 fully saturated rings. The third-order valence-corrected chi connectivity index (χ3v) is 5.93. The first-order chi connectivity index (χ1) is 18.1. The molecule has 0 radical (unpaired) electrons. The average Bonchev–Trinajstić information content (AvgIpc) is 2.93. The lowest BCUT2D eigenvalue weighted by atomic mass is 10.0. The minimum atomic E-state index is -0.760. The first kappa shape index (κ1) is 23.8. The Morgan fingerprint density at radius 3 is 2.16 bits per heavy atom. The van der Waals surface area contributed by atoms with Crippen molar-refractivity contribution in [2.24, 2.45) is 0 Å². The molecule has 6 nitrogen and oxygen atoms in total. The molecule has 0 spiro atoms. The fraction of sp³-hybridized carbons (Fsp3) is 0.0645. The number of fused-ring (bicyclic) bond motifs is 1. The topological polar surface area (TPSA) is 85.6 Å². The van der Waals surface area contributed by atoms with Crippen molar-refractivity contribution in [3.8, 4) is 16.9 Å². The smallest absolute Gasteiger partial charge is 0.349 e. The van der Waals surface area contributed by atoms with Crippen LogP contribution in [0.2, 0.25) is 0 Å². The van der Waals surface area contributed by atoms with E-state index in [1.54, 1.807) is 24.3 Å². The van der Waals surface area contributed by atoms with Crippen molar-refractivity contribution in [1.29, 1.82) is 0 Å². The van der Waals surface area contributed by atoms with Crippen LogP contribution in [0.1, 0.15) is 26.3 Å². The molecule has 0 aliphatic heterocycles. The molecule has 0 saturated heterocycles. The van der Waals surface area contributed by atoms with Gasteiger partial charge in [-0.1, -0.05) is 72.8 Å². The number of esters is 1. The molecule has 0 aliphatic rings. The Morgan fingerprint density at radius 2 is 1.43 bits per heavy atom. The summed E-state index contributed by atoms with van der Waals surface area (Å²) < 4.78 is 10.9. The van der Waals surface area contributed by atoms with Gasteiger partial charge in [0.1, 0.15) is 16.9 Å².